The highest BCUT2D eigenvalue weighted by molar-refractivity contribution is 5.94. The quantitative estimate of drug-likeness (QED) is 0.805. The molecule has 0 aliphatic carbocycles. The molecular formula is C13H16N2O5. The maximum absolute atomic E-state index is 11.7. The van der Waals surface area contributed by atoms with Gasteiger partial charge in [-0.25, -0.2) is 9.78 Å². The normalized spacial score (nSPS) is 18.6. The molecule has 1 N–H and O–H groups in total. The van der Waals surface area contributed by atoms with Crippen molar-refractivity contribution in [3.63, 3.8) is 0 Å². The van der Waals surface area contributed by atoms with Crippen molar-refractivity contribution in [2.75, 3.05) is 31.7 Å². The summed E-state index contributed by atoms with van der Waals surface area (Å²) < 4.78 is 10.1. The summed E-state index contributed by atoms with van der Waals surface area (Å²) in [6.07, 6.45) is 1.11. The highest BCUT2D eigenvalue weighted by Crippen LogP contribution is 2.21. The van der Waals surface area contributed by atoms with Crippen molar-refractivity contribution >= 4 is 17.8 Å². The summed E-state index contributed by atoms with van der Waals surface area (Å²) in [7, 11) is 1.31. The van der Waals surface area contributed by atoms with E-state index >= 15 is 0 Å². The number of esters is 1. The number of hydrogen-bond acceptors (Lipinski definition) is 6. The molecule has 1 aliphatic rings. The first-order valence-electron chi connectivity index (χ1n) is 6.23. The van der Waals surface area contributed by atoms with Gasteiger partial charge in [0.15, 0.2) is 0 Å². The molecule has 7 nitrogen and oxygen atoms in total. The fourth-order valence-corrected chi connectivity index (χ4v) is 2.15. The lowest BCUT2D eigenvalue weighted by molar-refractivity contribution is -0.140. The molecular weight excluding hydrogens is 264 g/mol. The second kappa shape index (κ2) is 6.33. The average Bonchev–Trinajstić information content (AvgIpc) is 2.46. The molecule has 0 radical (unpaired) electrons. The summed E-state index contributed by atoms with van der Waals surface area (Å²) in [5, 5.41) is 8.82. The Morgan fingerprint density at radius 2 is 2.40 bits per heavy atom. The van der Waals surface area contributed by atoms with E-state index in [0.29, 0.717) is 31.1 Å². The molecule has 1 unspecified atom stereocenters. The van der Waals surface area contributed by atoms with E-state index in [1.54, 1.807) is 18.3 Å². The first-order chi connectivity index (χ1) is 9.61. The van der Waals surface area contributed by atoms with E-state index in [1.165, 1.54) is 7.11 Å². The monoisotopic (exact) mass is 280 g/mol. The van der Waals surface area contributed by atoms with Crippen LogP contribution in [-0.2, 0) is 14.3 Å². The number of methoxy groups -OCH3 is 1. The van der Waals surface area contributed by atoms with Crippen LogP contribution in [0.4, 0.5) is 5.82 Å². The zero-order chi connectivity index (χ0) is 14.5. The van der Waals surface area contributed by atoms with Crippen molar-refractivity contribution in [3.8, 4) is 0 Å². The minimum absolute atomic E-state index is 0.0725. The second-order valence-electron chi connectivity index (χ2n) is 4.40. The molecule has 0 aromatic carbocycles. The van der Waals surface area contributed by atoms with E-state index in [-0.39, 0.29) is 6.42 Å². The molecule has 1 aromatic rings. The molecule has 0 saturated carbocycles. The van der Waals surface area contributed by atoms with Crippen molar-refractivity contribution in [2.45, 2.75) is 12.5 Å². The number of carboxylic acids is 1. The molecule has 1 aromatic heterocycles. The third kappa shape index (κ3) is 3.24. The van der Waals surface area contributed by atoms with Crippen LogP contribution in [0, 0.1) is 0 Å². The number of hydrogen-bond donors (Lipinski definition) is 1. The Morgan fingerprint density at radius 3 is 3.10 bits per heavy atom. The molecule has 0 amide bonds. The van der Waals surface area contributed by atoms with Crippen LogP contribution in [0.2, 0.25) is 0 Å². The number of nitrogens with zero attached hydrogens (tertiary/aromatic N) is 2. The number of anilines is 1. The Bertz CT molecular complexity index is 505. The highest BCUT2D eigenvalue weighted by atomic mass is 16.5. The van der Waals surface area contributed by atoms with Crippen LogP contribution in [0.5, 0.6) is 0 Å². The van der Waals surface area contributed by atoms with E-state index in [9.17, 15) is 9.59 Å². The Kier molecular flexibility index (Phi) is 4.52. The van der Waals surface area contributed by atoms with Crippen molar-refractivity contribution in [1.29, 1.82) is 0 Å². The van der Waals surface area contributed by atoms with Crippen LogP contribution in [0.15, 0.2) is 18.3 Å². The third-order valence-electron chi connectivity index (χ3n) is 3.03. The van der Waals surface area contributed by atoms with Gasteiger partial charge in [0.1, 0.15) is 11.4 Å². The van der Waals surface area contributed by atoms with Gasteiger partial charge in [0.25, 0.3) is 0 Å². The van der Waals surface area contributed by atoms with Crippen LogP contribution >= 0.6 is 0 Å². The second-order valence-corrected chi connectivity index (χ2v) is 4.40. The fraction of sp³-hybridized carbons (Fsp3) is 0.462. The minimum atomic E-state index is -0.911. The number of morpholine rings is 1. The summed E-state index contributed by atoms with van der Waals surface area (Å²) in [6, 6.07) is 3.29. The average molecular weight is 280 g/mol. The SMILES string of the molecule is COC(=O)c1cccnc1N1CCOC(CC(=O)O)C1. The molecule has 1 fully saturated rings. The predicted octanol–water partition coefficient (Wildman–Crippen LogP) is 0.548. The Balaban J connectivity index is 2.18. The molecule has 1 aliphatic heterocycles. The van der Waals surface area contributed by atoms with E-state index in [0.717, 1.165) is 0 Å². The maximum Gasteiger partial charge on any atom is 0.341 e. The number of carbonyl (C=O) groups is 2. The van der Waals surface area contributed by atoms with Crippen molar-refractivity contribution in [2.24, 2.45) is 0 Å². The van der Waals surface area contributed by atoms with Gasteiger partial charge in [0, 0.05) is 19.3 Å². The molecule has 2 heterocycles. The topological polar surface area (TPSA) is 89.0 Å². The first-order valence-corrected chi connectivity index (χ1v) is 6.23. The van der Waals surface area contributed by atoms with Crippen LogP contribution < -0.4 is 4.90 Å². The lowest BCUT2D eigenvalue weighted by atomic mass is 10.1. The summed E-state index contributed by atoms with van der Waals surface area (Å²) >= 11 is 0. The van der Waals surface area contributed by atoms with Gasteiger partial charge in [0.2, 0.25) is 0 Å². The Morgan fingerprint density at radius 1 is 1.60 bits per heavy atom. The number of carbonyl (C=O) groups excluding carboxylic acids is 1. The van der Waals surface area contributed by atoms with E-state index in [4.69, 9.17) is 14.6 Å². The van der Waals surface area contributed by atoms with E-state index < -0.39 is 18.0 Å². The van der Waals surface area contributed by atoms with Gasteiger partial charge in [-0.2, -0.15) is 0 Å². The first kappa shape index (κ1) is 14.3. The molecule has 7 heteroatoms. The summed E-state index contributed by atoms with van der Waals surface area (Å²) in [4.78, 5) is 28.5. The largest absolute Gasteiger partial charge is 0.481 e. The van der Waals surface area contributed by atoms with Crippen LogP contribution in [0.25, 0.3) is 0 Å². The van der Waals surface area contributed by atoms with E-state index in [2.05, 4.69) is 4.98 Å². The van der Waals surface area contributed by atoms with Gasteiger partial charge < -0.3 is 19.5 Å². The van der Waals surface area contributed by atoms with Crippen LogP contribution in [0.3, 0.4) is 0 Å². The fourth-order valence-electron chi connectivity index (χ4n) is 2.15. The molecule has 1 saturated heterocycles. The number of rotatable bonds is 4. The Hall–Kier alpha value is -2.15. The molecule has 0 spiro atoms. The lowest BCUT2D eigenvalue weighted by Crippen LogP contribution is -2.44. The van der Waals surface area contributed by atoms with Crippen molar-refractivity contribution in [3.05, 3.63) is 23.9 Å². The Labute approximate surface area is 116 Å². The van der Waals surface area contributed by atoms with Crippen LogP contribution in [-0.4, -0.2) is 54.9 Å². The summed E-state index contributed by atoms with van der Waals surface area (Å²) in [5.74, 6) is -0.876. The third-order valence-corrected chi connectivity index (χ3v) is 3.03. The maximum atomic E-state index is 11.7. The number of aliphatic carboxylic acids is 1. The smallest absolute Gasteiger partial charge is 0.341 e. The minimum Gasteiger partial charge on any atom is -0.481 e. The molecule has 20 heavy (non-hydrogen) atoms. The number of ether oxygens (including phenoxy) is 2. The van der Waals surface area contributed by atoms with Gasteiger partial charge in [-0.3, -0.25) is 4.79 Å². The molecule has 2 rings (SSSR count). The van der Waals surface area contributed by atoms with Gasteiger partial charge in [-0.05, 0) is 12.1 Å². The van der Waals surface area contributed by atoms with E-state index in [1.807, 2.05) is 4.90 Å². The zero-order valence-electron chi connectivity index (χ0n) is 11.1. The van der Waals surface area contributed by atoms with Crippen LogP contribution in [0.1, 0.15) is 16.8 Å². The van der Waals surface area contributed by atoms with Gasteiger partial charge >= 0.3 is 11.9 Å². The number of pyridine rings is 1. The highest BCUT2D eigenvalue weighted by Gasteiger charge is 2.26. The van der Waals surface area contributed by atoms with Gasteiger partial charge in [-0.1, -0.05) is 0 Å². The lowest BCUT2D eigenvalue weighted by Gasteiger charge is -2.33. The van der Waals surface area contributed by atoms with Gasteiger partial charge in [-0.15, -0.1) is 0 Å². The van der Waals surface area contributed by atoms with Gasteiger partial charge in [0.05, 0.1) is 26.2 Å². The summed E-state index contributed by atoms with van der Waals surface area (Å²) in [6.45, 7) is 1.33. The predicted molar refractivity (Wildman–Crippen MR) is 69.8 cm³/mol. The molecule has 108 valence electrons. The standard InChI is InChI=1S/C13H16N2O5/c1-19-13(18)10-3-2-4-14-12(10)15-5-6-20-9(8-15)7-11(16)17/h2-4,9H,5-8H2,1H3,(H,16,17). The van der Waals surface area contributed by atoms with Crippen molar-refractivity contribution < 1.29 is 24.2 Å². The molecule has 1 atom stereocenters. The molecule has 0 bridgehead atoms. The number of carboxylic acid groups (broad SMARTS) is 1. The number of aromatic nitrogens is 1. The summed E-state index contributed by atoms with van der Waals surface area (Å²) in [5.41, 5.74) is 0.367. The van der Waals surface area contributed by atoms with Crippen molar-refractivity contribution in [1.82, 2.24) is 4.98 Å². The zero-order valence-corrected chi connectivity index (χ0v) is 11.1.